The standard InChI is InChI=1S/C28H31NO3/c1-21-7-5-9-23(17-21)25-11-3-4-12-26(25)27(31)29-15-13-28(20-30,14-16-29)19-22-8-6-10-24(18-22)32-2/h3-12,17-18,30H,13-16,19-20H2,1-2H3. The first-order chi connectivity index (χ1) is 15.5. The molecule has 32 heavy (non-hydrogen) atoms. The van der Waals surface area contributed by atoms with Gasteiger partial charge < -0.3 is 14.7 Å². The molecule has 3 aromatic carbocycles. The van der Waals surface area contributed by atoms with Crippen LogP contribution in [0.3, 0.4) is 0 Å². The van der Waals surface area contributed by atoms with E-state index in [4.69, 9.17) is 4.74 Å². The van der Waals surface area contributed by atoms with Crippen molar-refractivity contribution >= 4 is 5.91 Å². The Hall–Kier alpha value is -3.11. The van der Waals surface area contributed by atoms with Gasteiger partial charge in [-0.2, -0.15) is 0 Å². The molecule has 1 aliphatic heterocycles. The molecule has 0 saturated carbocycles. The fraction of sp³-hybridized carbons (Fsp3) is 0.321. The Morgan fingerprint density at radius 1 is 1.00 bits per heavy atom. The van der Waals surface area contributed by atoms with Gasteiger partial charge in [-0.05, 0) is 61.1 Å². The number of aryl methyl sites for hydroxylation is 1. The predicted octanol–water partition coefficient (Wildman–Crippen LogP) is 5.13. The summed E-state index contributed by atoms with van der Waals surface area (Å²) >= 11 is 0. The van der Waals surface area contributed by atoms with E-state index < -0.39 is 0 Å². The summed E-state index contributed by atoms with van der Waals surface area (Å²) < 4.78 is 5.35. The third-order valence-electron chi connectivity index (χ3n) is 6.65. The molecule has 166 valence electrons. The molecule has 3 aromatic rings. The number of aliphatic hydroxyl groups is 1. The number of likely N-dealkylation sites (tertiary alicyclic amines) is 1. The lowest BCUT2D eigenvalue weighted by atomic mass is 9.74. The molecule has 4 nitrogen and oxygen atoms in total. The van der Waals surface area contributed by atoms with E-state index in [9.17, 15) is 9.90 Å². The number of ether oxygens (including phenoxy) is 1. The first-order valence-electron chi connectivity index (χ1n) is 11.2. The van der Waals surface area contributed by atoms with Crippen LogP contribution in [0.5, 0.6) is 5.75 Å². The van der Waals surface area contributed by atoms with Crippen LogP contribution in [-0.2, 0) is 6.42 Å². The van der Waals surface area contributed by atoms with Gasteiger partial charge in [-0.3, -0.25) is 4.79 Å². The van der Waals surface area contributed by atoms with Crippen molar-refractivity contribution in [1.82, 2.24) is 4.90 Å². The number of nitrogens with zero attached hydrogens (tertiary/aromatic N) is 1. The van der Waals surface area contributed by atoms with Crippen molar-refractivity contribution < 1.29 is 14.6 Å². The van der Waals surface area contributed by atoms with Crippen molar-refractivity contribution in [2.45, 2.75) is 26.2 Å². The van der Waals surface area contributed by atoms with Crippen molar-refractivity contribution in [1.29, 1.82) is 0 Å². The number of hydrogen-bond acceptors (Lipinski definition) is 3. The normalized spacial score (nSPS) is 15.4. The molecule has 1 N–H and O–H groups in total. The van der Waals surface area contributed by atoms with Crippen molar-refractivity contribution in [3.8, 4) is 16.9 Å². The summed E-state index contributed by atoms with van der Waals surface area (Å²) in [6.45, 7) is 3.47. The number of piperidine rings is 1. The maximum atomic E-state index is 13.5. The zero-order valence-corrected chi connectivity index (χ0v) is 18.9. The number of amides is 1. The second kappa shape index (κ2) is 9.58. The van der Waals surface area contributed by atoms with Gasteiger partial charge in [0.1, 0.15) is 5.75 Å². The third-order valence-corrected chi connectivity index (χ3v) is 6.65. The fourth-order valence-electron chi connectivity index (χ4n) is 4.69. The molecule has 0 bridgehead atoms. The van der Waals surface area contributed by atoms with E-state index in [2.05, 4.69) is 31.2 Å². The largest absolute Gasteiger partial charge is 0.497 e. The molecule has 1 fully saturated rings. The van der Waals surface area contributed by atoms with Crippen LogP contribution in [-0.4, -0.2) is 42.7 Å². The van der Waals surface area contributed by atoms with Crippen molar-refractivity contribution in [3.63, 3.8) is 0 Å². The molecule has 1 aliphatic rings. The van der Waals surface area contributed by atoms with Crippen LogP contribution in [0.15, 0.2) is 72.8 Å². The Morgan fingerprint density at radius 2 is 1.75 bits per heavy atom. The van der Waals surface area contributed by atoms with Gasteiger partial charge in [0.2, 0.25) is 0 Å². The van der Waals surface area contributed by atoms with Crippen LogP contribution < -0.4 is 4.74 Å². The van der Waals surface area contributed by atoms with Crippen LogP contribution in [0.1, 0.15) is 34.3 Å². The highest BCUT2D eigenvalue weighted by Gasteiger charge is 2.36. The Bertz CT molecular complexity index is 1080. The number of carbonyl (C=O) groups is 1. The lowest BCUT2D eigenvalue weighted by Gasteiger charge is -2.41. The van der Waals surface area contributed by atoms with Crippen molar-refractivity contribution in [2.24, 2.45) is 5.41 Å². The monoisotopic (exact) mass is 429 g/mol. The number of rotatable bonds is 6. The summed E-state index contributed by atoms with van der Waals surface area (Å²) in [6, 6.07) is 24.2. The van der Waals surface area contributed by atoms with E-state index in [-0.39, 0.29) is 17.9 Å². The van der Waals surface area contributed by atoms with Gasteiger partial charge in [0.25, 0.3) is 5.91 Å². The van der Waals surface area contributed by atoms with Crippen LogP contribution in [0, 0.1) is 12.3 Å². The van der Waals surface area contributed by atoms with E-state index in [1.54, 1.807) is 7.11 Å². The molecular formula is C28H31NO3. The Kier molecular flexibility index (Phi) is 6.61. The maximum Gasteiger partial charge on any atom is 0.254 e. The number of methoxy groups -OCH3 is 1. The van der Waals surface area contributed by atoms with Gasteiger partial charge >= 0.3 is 0 Å². The molecule has 0 unspecified atom stereocenters. The number of benzene rings is 3. The first kappa shape index (κ1) is 22.1. The average Bonchev–Trinajstić information content (AvgIpc) is 2.84. The van der Waals surface area contributed by atoms with Gasteiger partial charge in [-0.15, -0.1) is 0 Å². The van der Waals surface area contributed by atoms with E-state index in [1.165, 1.54) is 5.56 Å². The molecule has 4 heteroatoms. The number of aliphatic hydroxyl groups excluding tert-OH is 1. The topological polar surface area (TPSA) is 49.8 Å². The smallest absolute Gasteiger partial charge is 0.254 e. The number of carbonyl (C=O) groups excluding carboxylic acids is 1. The predicted molar refractivity (Wildman–Crippen MR) is 128 cm³/mol. The summed E-state index contributed by atoms with van der Waals surface area (Å²) in [4.78, 5) is 15.4. The Balaban J connectivity index is 1.50. The molecule has 1 heterocycles. The van der Waals surface area contributed by atoms with Crippen LogP contribution in [0.25, 0.3) is 11.1 Å². The highest BCUT2D eigenvalue weighted by Crippen LogP contribution is 2.36. The SMILES string of the molecule is COc1cccc(CC2(CO)CCN(C(=O)c3ccccc3-c3cccc(C)c3)CC2)c1. The Labute approximate surface area is 190 Å². The molecule has 0 atom stereocenters. The zero-order chi connectivity index (χ0) is 22.6. The molecule has 1 amide bonds. The minimum absolute atomic E-state index is 0.0648. The van der Waals surface area contributed by atoms with E-state index in [0.717, 1.165) is 47.3 Å². The number of hydrogen-bond donors (Lipinski definition) is 1. The summed E-state index contributed by atoms with van der Waals surface area (Å²) in [5.41, 5.74) is 4.89. The Morgan fingerprint density at radius 3 is 2.47 bits per heavy atom. The van der Waals surface area contributed by atoms with Gasteiger partial charge in [-0.1, -0.05) is 60.2 Å². The van der Waals surface area contributed by atoms with Crippen molar-refractivity contribution in [2.75, 3.05) is 26.8 Å². The van der Waals surface area contributed by atoms with E-state index >= 15 is 0 Å². The van der Waals surface area contributed by atoms with Gasteiger partial charge in [0.15, 0.2) is 0 Å². The summed E-state index contributed by atoms with van der Waals surface area (Å²) in [7, 11) is 1.67. The van der Waals surface area contributed by atoms with E-state index in [1.807, 2.05) is 53.4 Å². The minimum Gasteiger partial charge on any atom is -0.497 e. The maximum absolute atomic E-state index is 13.5. The zero-order valence-electron chi connectivity index (χ0n) is 18.9. The van der Waals surface area contributed by atoms with Gasteiger partial charge in [0, 0.05) is 30.7 Å². The lowest BCUT2D eigenvalue weighted by molar-refractivity contribution is 0.0358. The first-order valence-corrected chi connectivity index (χ1v) is 11.2. The van der Waals surface area contributed by atoms with Crippen LogP contribution in [0.2, 0.25) is 0 Å². The second-order valence-electron chi connectivity index (χ2n) is 8.89. The van der Waals surface area contributed by atoms with Gasteiger partial charge in [0.05, 0.1) is 7.11 Å². The van der Waals surface area contributed by atoms with Gasteiger partial charge in [-0.25, -0.2) is 0 Å². The minimum atomic E-state index is -0.209. The summed E-state index contributed by atoms with van der Waals surface area (Å²) in [6.07, 6.45) is 2.33. The third kappa shape index (κ3) is 4.71. The lowest BCUT2D eigenvalue weighted by Crippen LogP contribution is -2.45. The molecule has 0 radical (unpaired) electrons. The molecule has 1 saturated heterocycles. The quantitative estimate of drug-likeness (QED) is 0.591. The van der Waals surface area contributed by atoms with Crippen molar-refractivity contribution in [3.05, 3.63) is 89.5 Å². The summed E-state index contributed by atoms with van der Waals surface area (Å²) in [5.74, 6) is 0.894. The molecular weight excluding hydrogens is 398 g/mol. The molecule has 0 aliphatic carbocycles. The highest BCUT2D eigenvalue weighted by atomic mass is 16.5. The van der Waals surface area contributed by atoms with Crippen LogP contribution in [0.4, 0.5) is 0 Å². The average molecular weight is 430 g/mol. The molecule has 4 rings (SSSR count). The molecule has 0 aromatic heterocycles. The van der Waals surface area contributed by atoms with E-state index in [0.29, 0.717) is 13.1 Å². The highest BCUT2D eigenvalue weighted by molar-refractivity contribution is 6.01. The summed E-state index contributed by atoms with van der Waals surface area (Å²) in [5, 5.41) is 10.3. The second-order valence-corrected chi connectivity index (χ2v) is 8.89. The fourth-order valence-corrected chi connectivity index (χ4v) is 4.69. The molecule has 0 spiro atoms. The van der Waals surface area contributed by atoms with Crippen LogP contribution >= 0.6 is 0 Å².